The minimum atomic E-state index is -3.59. The Balaban J connectivity index is 1.87. The van der Waals surface area contributed by atoms with Crippen LogP contribution in [0.3, 0.4) is 0 Å². The fourth-order valence-corrected chi connectivity index (χ4v) is 5.40. The second kappa shape index (κ2) is 13.9. The summed E-state index contributed by atoms with van der Waals surface area (Å²) >= 11 is 0. The molecule has 0 saturated carbocycles. The largest absolute Gasteiger partial charge is 0.355 e. The number of aryl methyl sites for hydroxylation is 1. The van der Waals surface area contributed by atoms with Crippen LogP contribution in [-0.2, 0) is 32.6 Å². The van der Waals surface area contributed by atoms with Crippen LogP contribution in [0.1, 0.15) is 36.5 Å². The van der Waals surface area contributed by atoms with Gasteiger partial charge in [-0.15, -0.1) is 0 Å². The van der Waals surface area contributed by atoms with Gasteiger partial charge in [-0.05, 0) is 49.6 Å². The molecular formula is C30H36FN3O4S. The molecule has 9 heteroatoms. The van der Waals surface area contributed by atoms with Crippen molar-refractivity contribution < 1.29 is 22.4 Å². The van der Waals surface area contributed by atoms with Crippen LogP contribution in [0.4, 0.5) is 10.1 Å². The Morgan fingerprint density at radius 3 is 2.31 bits per heavy atom. The predicted molar refractivity (Wildman–Crippen MR) is 152 cm³/mol. The smallest absolute Gasteiger partial charge is 0.243 e. The zero-order valence-electron chi connectivity index (χ0n) is 22.6. The van der Waals surface area contributed by atoms with Crippen LogP contribution < -0.4 is 9.62 Å². The zero-order chi connectivity index (χ0) is 28.4. The van der Waals surface area contributed by atoms with Crippen molar-refractivity contribution in [2.45, 2.75) is 45.7 Å². The van der Waals surface area contributed by atoms with Gasteiger partial charge in [0.2, 0.25) is 21.8 Å². The summed E-state index contributed by atoms with van der Waals surface area (Å²) in [4.78, 5) is 28.3. The van der Waals surface area contributed by atoms with E-state index in [-0.39, 0.29) is 44.2 Å². The lowest BCUT2D eigenvalue weighted by atomic mass is 10.0. The molecule has 39 heavy (non-hydrogen) atoms. The van der Waals surface area contributed by atoms with E-state index < -0.39 is 21.9 Å². The molecule has 208 valence electrons. The fraction of sp³-hybridized carbons (Fsp3) is 0.333. The fourth-order valence-electron chi connectivity index (χ4n) is 4.44. The van der Waals surface area contributed by atoms with Crippen molar-refractivity contribution in [1.29, 1.82) is 0 Å². The molecule has 0 radical (unpaired) electrons. The summed E-state index contributed by atoms with van der Waals surface area (Å²) in [5, 5.41) is 2.81. The van der Waals surface area contributed by atoms with E-state index in [4.69, 9.17) is 0 Å². The molecule has 3 aromatic carbocycles. The Morgan fingerprint density at radius 2 is 1.67 bits per heavy atom. The van der Waals surface area contributed by atoms with Crippen molar-refractivity contribution >= 4 is 27.5 Å². The molecule has 0 bridgehead atoms. The van der Waals surface area contributed by atoms with Crippen molar-refractivity contribution in [3.63, 3.8) is 0 Å². The standard InChI is InChI=1S/C30H36FN3O4S/c1-4-32-30(36)28(21-24-13-6-5-7-14-24)33(22-25-15-8-9-17-27(25)31)29(35)18-11-19-34(39(3,37)38)26-16-10-12-23(2)20-26/h5-10,12-17,20,28H,4,11,18-19,21-22H2,1-3H3,(H,32,36)/t28-/m0/s1. The van der Waals surface area contributed by atoms with Gasteiger partial charge in [-0.2, -0.15) is 0 Å². The number of carbonyl (C=O) groups excluding carboxylic acids is 2. The summed E-state index contributed by atoms with van der Waals surface area (Å²) in [6.45, 7) is 4.05. The molecule has 2 amide bonds. The molecule has 0 spiro atoms. The van der Waals surface area contributed by atoms with Crippen LogP contribution in [0.25, 0.3) is 0 Å². The average molecular weight is 554 g/mol. The summed E-state index contributed by atoms with van der Waals surface area (Å²) < 4.78 is 41.0. The van der Waals surface area contributed by atoms with E-state index in [9.17, 15) is 22.4 Å². The molecule has 1 atom stereocenters. The van der Waals surface area contributed by atoms with E-state index >= 15 is 0 Å². The van der Waals surface area contributed by atoms with Gasteiger partial charge in [-0.3, -0.25) is 13.9 Å². The Bertz CT molecular complexity index is 1370. The Kier molecular flexibility index (Phi) is 10.6. The van der Waals surface area contributed by atoms with Crippen LogP contribution in [0.15, 0.2) is 78.9 Å². The van der Waals surface area contributed by atoms with Gasteiger partial charge in [0.05, 0.1) is 11.9 Å². The van der Waals surface area contributed by atoms with Gasteiger partial charge in [0.15, 0.2) is 0 Å². The number of carbonyl (C=O) groups is 2. The van der Waals surface area contributed by atoms with E-state index in [1.54, 1.807) is 43.3 Å². The van der Waals surface area contributed by atoms with Crippen molar-refractivity contribution in [2.24, 2.45) is 0 Å². The molecule has 0 saturated heterocycles. The number of sulfonamides is 1. The van der Waals surface area contributed by atoms with Crippen LogP contribution in [-0.4, -0.2) is 50.5 Å². The van der Waals surface area contributed by atoms with Crippen molar-refractivity contribution in [1.82, 2.24) is 10.2 Å². The van der Waals surface area contributed by atoms with Crippen LogP contribution in [0.2, 0.25) is 0 Å². The van der Waals surface area contributed by atoms with Crippen molar-refractivity contribution in [2.75, 3.05) is 23.7 Å². The van der Waals surface area contributed by atoms with E-state index in [0.29, 0.717) is 17.8 Å². The zero-order valence-corrected chi connectivity index (χ0v) is 23.5. The maximum absolute atomic E-state index is 14.7. The summed E-state index contributed by atoms with van der Waals surface area (Å²) in [6.07, 6.45) is 1.59. The number of nitrogens with zero attached hydrogens (tertiary/aromatic N) is 2. The first-order valence-corrected chi connectivity index (χ1v) is 14.8. The summed E-state index contributed by atoms with van der Waals surface area (Å²) in [6, 6.07) is 21.8. The highest BCUT2D eigenvalue weighted by atomic mass is 32.2. The Morgan fingerprint density at radius 1 is 0.974 bits per heavy atom. The molecular weight excluding hydrogens is 517 g/mol. The molecule has 0 aromatic heterocycles. The number of nitrogens with one attached hydrogen (secondary N) is 1. The number of rotatable bonds is 13. The second-order valence-electron chi connectivity index (χ2n) is 9.49. The van der Waals surface area contributed by atoms with E-state index in [2.05, 4.69) is 5.32 Å². The third kappa shape index (κ3) is 8.64. The lowest BCUT2D eigenvalue weighted by Crippen LogP contribution is -2.50. The SMILES string of the molecule is CCNC(=O)[C@H](Cc1ccccc1)N(Cc1ccccc1F)C(=O)CCCN(c1cccc(C)c1)S(C)(=O)=O. The number of hydrogen-bond acceptors (Lipinski definition) is 4. The highest BCUT2D eigenvalue weighted by Crippen LogP contribution is 2.21. The molecule has 0 heterocycles. The number of likely N-dealkylation sites (N-methyl/N-ethyl adjacent to an activating group) is 1. The average Bonchev–Trinajstić information content (AvgIpc) is 2.89. The number of amides is 2. The quantitative estimate of drug-likeness (QED) is 0.339. The van der Waals surface area contributed by atoms with Gasteiger partial charge in [0.25, 0.3) is 0 Å². The first kappa shape index (κ1) is 29.8. The van der Waals surface area contributed by atoms with Gasteiger partial charge in [0.1, 0.15) is 11.9 Å². The second-order valence-corrected chi connectivity index (χ2v) is 11.4. The molecule has 1 N–H and O–H groups in total. The molecule has 7 nitrogen and oxygen atoms in total. The molecule has 3 rings (SSSR count). The number of halogens is 1. The van der Waals surface area contributed by atoms with Crippen LogP contribution in [0.5, 0.6) is 0 Å². The topological polar surface area (TPSA) is 86.8 Å². The first-order chi connectivity index (χ1) is 18.6. The molecule has 3 aromatic rings. The van der Waals surface area contributed by atoms with Gasteiger partial charge < -0.3 is 10.2 Å². The number of hydrogen-bond donors (Lipinski definition) is 1. The van der Waals surface area contributed by atoms with Crippen LogP contribution in [0, 0.1) is 12.7 Å². The lowest BCUT2D eigenvalue weighted by molar-refractivity contribution is -0.141. The summed E-state index contributed by atoms with van der Waals surface area (Å²) in [7, 11) is -3.59. The monoisotopic (exact) mass is 553 g/mol. The summed E-state index contributed by atoms with van der Waals surface area (Å²) in [5.41, 5.74) is 2.60. The maximum Gasteiger partial charge on any atom is 0.243 e. The lowest BCUT2D eigenvalue weighted by Gasteiger charge is -2.32. The molecule has 0 aliphatic carbocycles. The van der Waals surface area contributed by atoms with Crippen LogP contribution >= 0.6 is 0 Å². The predicted octanol–water partition coefficient (Wildman–Crippen LogP) is 4.46. The van der Waals surface area contributed by atoms with Gasteiger partial charge in [-0.25, -0.2) is 12.8 Å². The third-order valence-electron chi connectivity index (χ3n) is 6.36. The van der Waals surface area contributed by atoms with E-state index in [0.717, 1.165) is 17.4 Å². The summed E-state index contributed by atoms with van der Waals surface area (Å²) in [5.74, 6) is -1.15. The highest BCUT2D eigenvalue weighted by molar-refractivity contribution is 7.92. The van der Waals surface area contributed by atoms with E-state index in [1.807, 2.05) is 43.3 Å². The van der Waals surface area contributed by atoms with Gasteiger partial charge in [0, 0.05) is 38.0 Å². The maximum atomic E-state index is 14.7. The third-order valence-corrected chi connectivity index (χ3v) is 7.56. The molecule has 0 unspecified atom stereocenters. The van der Waals surface area contributed by atoms with Gasteiger partial charge >= 0.3 is 0 Å². The van der Waals surface area contributed by atoms with E-state index in [1.165, 1.54) is 15.3 Å². The number of benzene rings is 3. The first-order valence-electron chi connectivity index (χ1n) is 13.0. The molecule has 0 fully saturated rings. The number of anilines is 1. The Hall–Kier alpha value is -3.72. The van der Waals surface area contributed by atoms with Crippen molar-refractivity contribution in [3.05, 3.63) is 101 Å². The van der Waals surface area contributed by atoms with Gasteiger partial charge in [-0.1, -0.05) is 60.7 Å². The normalized spacial score (nSPS) is 12.0. The minimum Gasteiger partial charge on any atom is -0.355 e. The molecule has 0 aliphatic rings. The van der Waals surface area contributed by atoms with Crippen molar-refractivity contribution in [3.8, 4) is 0 Å². The molecule has 0 aliphatic heterocycles. The minimum absolute atomic E-state index is 0.0169. The Labute approximate surface area is 230 Å². The highest BCUT2D eigenvalue weighted by Gasteiger charge is 2.30.